The Hall–Kier alpha value is -1.23. The van der Waals surface area contributed by atoms with Gasteiger partial charge in [0, 0.05) is 19.1 Å². The molecule has 2 N–H and O–H groups in total. The molecule has 5 heteroatoms. The lowest BCUT2D eigenvalue weighted by Crippen LogP contribution is -2.49. The van der Waals surface area contributed by atoms with Gasteiger partial charge in [-0.3, -0.25) is 0 Å². The number of hydrogen-bond acceptors (Lipinski definition) is 5. The smallest absolute Gasteiger partial charge is 0.245 e. The van der Waals surface area contributed by atoms with E-state index in [0.717, 1.165) is 23.9 Å². The highest BCUT2D eigenvalue weighted by molar-refractivity contribution is 5.33. The fourth-order valence-corrected chi connectivity index (χ4v) is 2.42. The molecular weight excluding hydrogens is 214 g/mol. The van der Waals surface area contributed by atoms with Gasteiger partial charge in [-0.1, -0.05) is 6.92 Å². The van der Waals surface area contributed by atoms with Crippen molar-refractivity contribution < 1.29 is 0 Å². The second kappa shape index (κ2) is 4.96. The zero-order valence-corrected chi connectivity index (χ0v) is 10.8. The molecule has 0 spiro atoms. The number of rotatable bonds is 2. The van der Waals surface area contributed by atoms with E-state index in [9.17, 15) is 0 Å². The lowest BCUT2D eigenvalue weighted by atomic mass is 9.91. The van der Waals surface area contributed by atoms with Gasteiger partial charge in [0.1, 0.15) is 0 Å². The van der Waals surface area contributed by atoms with E-state index in [1.54, 1.807) is 0 Å². The summed E-state index contributed by atoms with van der Waals surface area (Å²) in [4.78, 5) is 6.74. The molecule has 1 saturated heterocycles. The summed E-state index contributed by atoms with van der Waals surface area (Å²) in [5, 5.41) is 8.36. The SMILES string of the molecule is Cc1nnc(N2CCCC(C)C2CN)nc1C. The molecule has 2 unspecified atom stereocenters. The van der Waals surface area contributed by atoms with Crippen LogP contribution < -0.4 is 10.6 Å². The van der Waals surface area contributed by atoms with Crippen LogP contribution in [0.15, 0.2) is 0 Å². The number of anilines is 1. The number of aromatic nitrogens is 3. The Balaban J connectivity index is 2.27. The van der Waals surface area contributed by atoms with Gasteiger partial charge in [-0.2, -0.15) is 5.10 Å². The summed E-state index contributed by atoms with van der Waals surface area (Å²) in [6.07, 6.45) is 2.41. The zero-order valence-electron chi connectivity index (χ0n) is 10.8. The average Bonchev–Trinajstić information content (AvgIpc) is 2.32. The highest BCUT2D eigenvalue weighted by atomic mass is 15.3. The van der Waals surface area contributed by atoms with Crippen LogP contribution in [0.5, 0.6) is 0 Å². The third-order valence-corrected chi connectivity index (χ3v) is 3.69. The van der Waals surface area contributed by atoms with E-state index < -0.39 is 0 Å². The number of nitrogens with zero attached hydrogens (tertiary/aromatic N) is 4. The molecule has 1 fully saturated rings. The van der Waals surface area contributed by atoms with Crippen molar-refractivity contribution in [3.63, 3.8) is 0 Å². The number of aryl methyl sites for hydroxylation is 2. The Kier molecular flexibility index (Phi) is 3.57. The van der Waals surface area contributed by atoms with Crippen LogP contribution in [0, 0.1) is 19.8 Å². The quantitative estimate of drug-likeness (QED) is 0.830. The van der Waals surface area contributed by atoms with Crippen molar-refractivity contribution in [3.8, 4) is 0 Å². The van der Waals surface area contributed by atoms with E-state index in [4.69, 9.17) is 5.73 Å². The first-order valence-electron chi connectivity index (χ1n) is 6.28. The van der Waals surface area contributed by atoms with Gasteiger partial charge in [0.15, 0.2) is 0 Å². The standard InChI is InChI=1S/C12H21N5/c1-8-5-4-6-17(11(8)7-13)12-14-9(2)10(3)15-16-12/h8,11H,4-7,13H2,1-3H3. The third kappa shape index (κ3) is 2.39. The van der Waals surface area contributed by atoms with Crippen LogP contribution in [0.25, 0.3) is 0 Å². The molecular formula is C12H21N5. The van der Waals surface area contributed by atoms with Crippen molar-refractivity contribution in [2.24, 2.45) is 11.7 Å². The maximum atomic E-state index is 5.87. The van der Waals surface area contributed by atoms with E-state index in [-0.39, 0.29) is 0 Å². The summed E-state index contributed by atoms with van der Waals surface area (Å²) < 4.78 is 0. The summed E-state index contributed by atoms with van der Waals surface area (Å²) >= 11 is 0. The van der Waals surface area contributed by atoms with Crippen LogP contribution in [0.1, 0.15) is 31.2 Å². The minimum Gasteiger partial charge on any atom is -0.335 e. The Morgan fingerprint density at radius 1 is 1.29 bits per heavy atom. The largest absolute Gasteiger partial charge is 0.335 e. The molecule has 17 heavy (non-hydrogen) atoms. The van der Waals surface area contributed by atoms with Crippen molar-refractivity contribution in [1.29, 1.82) is 0 Å². The third-order valence-electron chi connectivity index (χ3n) is 3.69. The number of nitrogens with two attached hydrogens (primary N) is 1. The normalized spacial score (nSPS) is 25.1. The molecule has 0 amide bonds. The molecule has 0 aliphatic carbocycles. The summed E-state index contributed by atoms with van der Waals surface area (Å²) in [7, 11) is 0. The predicted octanol–water partition coefficient (Wildman–Crippen LogP) is 1.05. The highest BCUT2D eigenvalue weighted by Crippen LogP contribution is 2.25. The van der Waals surface area contributed by atoms with Crippen molar-refractivity contribution in [1.82, 2.24) is 15.2 Å². The zero-order chi connectivity index (χ0) is 12.4. The molecule has 5 nitrogen and oxygen atoms in total. The molecule has 1 aromatic heterocycles. The van der Waals surface area contributed by atoms with Crippen molar-refractivity contribution in [2.75, 3.05) is 18.0 Å². The number of piperidine rings is 1. The van der Waals surface area contributed by atoms with Crippen molar-refractivity contribution in [3.05, 3.63) is 11.4 Å². The Bertz CT molecular complexity index is 392. The van der Waals surface area contributed by atoms with Gasteiger partial charge in [-0.15, -0.1) is 5.10 Å². The van der Waals surface area contributed by atoms with E-state index in [0.29, 0.717) is 18.5 Å². The van der Waals surface area contributed by atoms with Gasteiger partial charge in [0.2, 0.25) is 5.95 Å². The van der Waals surface area contributed by atoms with Crippen LogP contribution in [0.2, 0.25) is 0 Å². The lowest BCUT2D eigenvalue weighted by molar-refractivity contribution is 0.345. The maximum absolute atomic E-state index is 5.87. The highest BCUT2D eigenvalue weighted by Gasteiger charge is 2.29. The summed E-state index contributed by atoms with van der Waals surface area (Å²) in [5.41, 5.74) is 7.71. The Labute approximate surface area is 102 Å². The van der Waals surface area contributed by atoms with Crippen LogP contribution in [-0.4, -0.2) is 34.3 Å². The molecule has 1 aliphatic heterocycles. The fourth-order valence-electron chi connectivity index (χ4n) is 2.42. The molecule has 2 heterocycles. The summed E-state index contributed by atoms with van der Waals surface area (Å²) in [6.45, 7) is 7.78. The van der Waals surface area contributed by atoms with Crippen LogP contribution >= 0.6 is 0 Å². The summed E-state index contributed by atoms with van der Waals surface area (Å²) in [5.74, 6) is 1.33. The minimum atomic E-state index is 0.340. The van der Waals surface area contributed by atoms with Gasteiger partial charge in [-0.05, 0) is 32.6 Å². The first-order chi connectivity index (χ1) is 8.13. The van der Waals surface area contributed by atoms with Gasteiger partial charge in [0.05, 0.1) is 11.4 Å². The van der Waals surface area contributed by atoms with Crippen LogP contribution in [0.3, 0.4) is 0 Å². The van der Waals surface area contributed by atoms with E-state index in [2.05, 4.69) is 27.0 Å². The van der Waals surface area contributed by atoms with Crippen molar-refractivity contribution >= 4 is 5.95 Å². The van der Waals surface area contributed by atoms with E-state index in [1.807, 2.05) is 13.8 Å². The maximum Gasteiger partial charge on any atom is 0.245 e. The molecule has 2 rings (SSSR count). The fraction of sp³-hybridized carbons (Fsp3) is 0.750. The summed E-state index contributed by atoms with van der Waals surface area (Å²) in [6, 6.07) is 0.340. The van der Waals surface area contributed by atoms with Crippen molar-refractivity contribution in [2.45, 2.75) is 39.7 Å². The molecule has 94 valence electrons. The van der Waals surface area contributed by atoms with Crippen LogP contribution in [-0.2, 0) is 0 Å². The second-order valence-electron chi connectivity index (χ2n) is 4.90. The number of hydrogen-bond donors (Lipinski definition) is 1. The van der Waals surface area contributed by atoms with Crippen LogP contribution in [0.4, 0.5) is 5.95 Å². The molecule has 0 aromatic carbocycles. The van der Waals surface area contributed by atoms with Gasteiger partial charge < -0.3 is 10.6 Å². The Morgan fingerprint density at radius 2 is 2.06 bits per heavy atom. The van der Waals surface area contributed by atoms with Gasteiger partial charge in [-0.25, -0.2) is 4.98 Å². The molecule has 0 radical (unpaired) electrons. The second-order valence-corrected chi connectivity index (χ2v) is 4.90. The average molecular weight is 235 g/mol. The van der Waals surface area contributed by atoms with Gasteiger partial charge >= 0.3 is 0 Å². The molecule has 0 bridgehead atoms. The minimum absolute atomic E-state index is 0.340. The van der Waals surface area contributed by atoms with Gasteiger partial charge in [0.25, 0.3) is 0 Å². The molecule has 0 saturated carbocycles. The molecule has 1 aromatic rings. The van der Waals surface area contributed by atoms with E-state index >= 15 is 0 Å². The molecule has 1 aliphatic rings. The Morgan fingerprint density at radius 3 is 2.71 bits per heavy atom. The lowest BCUT2D eigenvalue weighted by Gasteiger charge is -2.39. The van der Waals surface area contributed by atoms with E-state index in [1.165, 1.54) is 12.8 Å². The first kappa shape index (κ1) is 12.2. The predicted molar refractivity (Wildman–Crippen MR) is 67.9 cm³/mol. The monoisotopic (exact) mass is 235 g/mol. The first-order valence-corrected chi connectivity index (χ1v) is 6.28. The molecule has 2 atom stereocenters. The topological polar surface area (TPSA) is 67.9 Å².